The number of aryl methyl sites for hydroxylation is 1. The van der Waals surface area contributed by atoms with Crippen LogP contribution in [-0.4, -0.2) is 20.9 Å². The number of nitrogens with zero attached hydrogens (tertiary/aromatic N) is 3. The van der Waals surface area contributed by atoms with Gasteiger partial charge in [-0.3, -0.25) is 4.57 Å². The highest BCUT2D eigenvalue weighted by molar-refractivity contribution is 7.71. The van der Waals surface area contributed by atoms with Gasteiger partial charge in [-0.1, -0.05) is 42.5 Å². The zero-order valence-corrected chi connectivity index (χ0v) is 17.6. The lowest BCUT2D eigenvalue weighted by molar-refractivity contribution is -0.939. The van der Waals surface area contributed by atoms with E-state index in [1.165, 1.54) is 21.6 Å². The number of rotatable bonds is 7. The highest BCUT2D eigenvalue weighted by atomic mass is 32.1. The van der Waals surface area contributed by atoms with Crippen LogP contribution in [0.4, 0.5) is 0 Å². The summed E-state index contributed by atoms with van der Waals surface area (Å²) in [4.78, 5) is 1.47. The number of nitrogens with one attached hydrogen (secondary N) is 1. The first-order valence-electron chi connectivity index (χ1n) is 10.0. The first-order chi connectivity index (χ1) is 14.1. The van der Waals surface area contributed by atoms with Crippen molar-refractivity contribution in [2.45, 2.75) is 39.7 Å². The van der Waals surface area contributed by atoms with Gasteiger partial charge in [-0.25, -0.2) is 0 Å². The second-order valence-corrected chi connectivity index (χ2v) is 7.92. The molecule has 0 aliphatic carbocycles. The van der Waals surface area contributed by atoms with E-state index in [0.717, 1.165) is 42.5 Å². The Kier molecular flexibility index (Phi) is 5.92. The third-order valence-electron chi connectivity index (χ3n) is 5.35. The van der Waals surface area contributed by atoms with Gasteiger partial charge < -0.3 is 9.64 Å². The van der Waals surface area contributed by atoms with Gasteiger partial charge in [0.1, 0.15) is 18.9 Å². The van der Waals surface area contributed by atoms with Crippen LogP contribution in [0, 0.1) is 11.7 Å². The standard InChI is InChI=1S/C23H26N4OS/c1-3-12-26-22(16-28-21-10-6-7-18(2)14-21)24-27(23(26)29)17-25-13-11-19-8-4-5-9-20(19)15-25/h3-10,14H,1,11-13,15-17H2,2H3/p+1. The Morgan fingerprint density at radius 3 is 2.83 bits per heavy atom. The number of ether oxygens (including phenoxy) is 1. The third-order valence-corrected chi connectivity index (χ3v) is 5.78. The van der Waals surface area contributed by atoms with Gasteiger partial charge in [0.25, 0.3) is 0 Å². The summed E-state index contributed by atoms with van der Waals surface area (Å²) in [5, 5.41) is 4.80. The molecule has 150 valence electrons. The molecular formula is C23H27N4OS+. The van der Waals surface area contributed by atoms with Crippen LogP contribution < -0.4 is 9.64 Å². The largest absolute Gasteiger partial charge is 0.486 e. The SMILES string of the molecule is C=CCn1c(COc2cccc(C)c2)nn(C[NH+]2CCc3ccccc3C2)c1=S. The molecule has 0 saturated heterocycles. The number of hydrogen-bond acceptors (Lipinski definition) is 3. The molecule has 3 aromatic rings. The Balaban J connectivity index is 1.51. The molecule has 1 N–H and O–H groups in total. The molecule has 0 bridgehead atoms. The van der Waals surface area contributed by atoms with E-state index in [9.17, 15) is 0 Å². The van der Waals surface area contributed by atoms with Crippen LogP contribution in [0.1, 0.15) is 22.5 Å². The summed E-state index contributed by atoms with van der Waals surface area (Å²) in [5.41, 5.74) is 4.06. The molecule has 1 aliphatic rings. The van der Waals surface area contributed by atoms with Crippen LogP contribution in [0.5, 0.6) is 5.75 Å². The fraction of sp³-hybridized carbons (Fsp3) is 0.304. The zero-order valence-electron chi connectivity index (χ0n) is 16.8. The van der Waals surface area contributed by atoms with Crippen LogP contribution in [0.25, 0.3) is 0 Å². The summed E-state index contributed by atoms with van der Waals surface area (Å²) >= 11 is 5.72. The van der Waals surface area contributed by atoms with E-state index < -0.39 is 0 Å². The zero-order chi connectivity index (χ0) is 20.2. The summed E-state index contributed by atoms with van der Waals surface area (Å²) in [6.07, 6.45) is 2.94. The topological polar surface area (TPSA) is 36.4 Å². The molecule has 0 saturated carbocycles. The van der Waals surface area contributed by atoms with Crippen molar-refractivity contribution in [1.29, 1.82) is 0 Å². The van der Waals surface area contributed by atoms with Gasteiger partial charge in [0, 0.05) is 18.5 Å². The smallest absolute Gasteiger partial charge is 0.203 e. The number of aromatic nitrogens is 3. The Morgan fingerprint density at radius 2 is 2.03 bits per heavy atom. The fourth-order valence-electron chi connectivity index (χ4n) is 3.85. The first kappa shape index (κ1) is 19.6. The lowest BCUT2D eigenvalue weighted by Crippen LogP contribution is -3.11. The molecule has 1 atom stereocenters. The number of fused-ring (bicyclic) bond motifs is 1. The maximum atomic E-state index is 5.98. The quantitative estimate of drug-likeness (QED) is 0.483. The molecule has 2 aromatic carbocycles. The van der Waals surface area contributed by atoms with Crippen molar-refractivity contribution in [3.05, 3.63) is 88.5 Å². The van der Waals surface area contributed by atoms with Crippen molar-refractivity contribution in [3.8, 4) is 5.75 Å². The van der Waals surface area contributed by atoms with Crippen molar-refractivity contribution >= 4 is 12.2 Å². The molecular weight excluding hydrogens is 380 g/mol. The molecule has 1 aliphatic heterocycles. The van der Waals surface area contributed by atoms with E-state index >= 15 is 0 Å². The van der Waals surface area contributed by atoms with Gasteiger partial charge in [0.05, 0.1) is 6.54 Å². The highest BCUT2D eigenvalue weighted by Crippen LogP contribution is 2.15. The number of benzene rings is 2. The molecule has 6 heteroatoms. The van der Waals surface area contributed by atoms with E-state index in [4.69, 9.17) is 22.1 Å². The Hall–Kier alpha value is -2.70. The van der Waals surface area contributed by atoms with E-state index in [0.29, 0.717) is 13.2 Å². The lowest BCUT2D eigenvalue weighted by Gasteiger charge is -2.25. The molecule has 4 rings (SSSR count). The first-order valence-corrected chi connectivity index (χ1v) is 10.4. The summed E-state index contributed by atoms with van der Waals surface area (Å²) in [7, 11) is 0. The van der Waals surface area contributed by atoms with Gasteiger partial charge in [-0.15, -0.1) is 11.7 Å². The molecule has 1 aromatic heterocycles. The third kappa shape index (κ3) is 4.49. The predicted octanol–water partition coefficient (Wildman–Crippen LogP) is 3.09. The van der Waals surface area contributed by atoms with Gasteiger partial charge in [0.15, 0.2) is 12.5 Å². The minimum absolute atomic E-state index is 0.381. The molecule has 29 heavy (non-hydrogen) atoms. The maximum absolute atomic E-state index is 5.98. The molecule has 0 radical (unpaired) electrons. The van der Waals surface area contributed by atoms with E-state index in [1.54, 1.807) is 0 Å². The Morgan fingerprint density at radius 1 is 1.21 bits per heavy atom. The predicted molar refractivity (Wildman–Crippen MR) is 116 cm³/mol. The normalized spacial score (nSPS) is 15.7. The number of allylic oxidation sites excluding steroid dienone is 1. The lowest BCUT2D eigenvalue weighted by atomic mass is 10.0. The van der Waals surface area contributed by atoms with Crippen LogP contribution in [0.2, 0.25) is 0 Å². The van der Waals surface area contributed by atoms with Crippen LogP contribution in [0.3, 0.4) is 0 Å². The van der Waals surface area contributed by atoms with Crippen molar-refractivity contribution in [1.82, 2.24) is 14.3 Å². The van der Waals surface area contributed by atoms with Crippen molar-refractivity contribution < 1.29 is 9.64 Å². The second-order valence-electron chi connectivity index (χ2n) is 7.56. The summed E-state index contributed by atoms with van der Waals surface area (Å²) in [6, 6.07) is 16.7. The van der Waals surface area contributed by atoms with Crippen molar-refractivity contribution in [2.24, 2.45) is 0 Å². The van der Waals surface area contributed by atoms with Gasteiger partial charge in [-0.2, -0.15) is 4.68 Å². The van der Waals surface area contributed by atoms with Crippen molar-refractivity contribution in [2.75, 3.05) is 6.54 Å². The maximum Gasteiger partial charge on any atom is 0.203 e. The summed E-state index contributed by atoms with van der Waals surface area (Å²) in [5.74, 6) is 1.67. The van der Waals surface area contributed by atoms with Crippen LogP contribution in [-0.2, 0) is 32.8 Å². The highest BCUT2D eigenvalue weighted by Gasteiger charge is 2.21. The summed E-state index contributed by atoms with van der Waals surface area (Å²) in [6.45, 7) is 9.78. The van der Waals surface area contributed by atoms with E-state index in [2.05, 4.69) is 43.8 Å². The average molecular weight is 408 g/mol. The number of quaternary nitrogens is 1. The Labute approximate surface area is 176 Å². The second kappa shape index (κ2) is 8.76. The van der Waals surface area contributed by atoms with Gasteiger partial charge in [-0.05, 0) is 42.4 Å². The molecule has 0 amide bonds. The molecule has 1 unspecified atom stereocenters. The fourth-order valence-corrected chi connectivity index (χ4v) is 4.14. The minimum atomic E-state index is 0.381. The monoisotopic (exact) mass is 407 g/mol. The van der Waals surface area contributed by atoms with E-state index in [1.807, 2.05) is 33.5 Å². The molecule has 5 nitrogen and oxygen atoms in total. The molecule has 0 spiro atoms. The van der Waals surface area contributed by atoms with Gasteiger partial charge >= 0.3 is 0 Å². The van der Waals surface area contributed by atoms with E-state index in [-0.39, 0.29) is 0 Å². The van der Waals surface area contributed by atoms with Crippen molar-refractivity contribution in [3.63, 3.8) is 0 Å². The van der Waals surface area contributed by atoms with Gasteiger partial charge in [0.2, 0.25) is 4.77 Å². The number of hydrogen-bond donors (Lipinski definition) is 1. The summed E-state index contributed by atoms with van der Waals surface area (Å²) < 4.78 is 10.7. The van der Waals surface area contributed by atoms with Crippen LogP contribution >= 0.6 is 12.2 Å². The average Bonchev–Trinajstić information content (AvgIpc) is 3.02. The van der Waals surface area contributed by atoms with Crippen LogP contribution in [0.15, 0.2) is 61.2 Å². The Bertz CT molecular complexity index is 1070. The molecule has 2 heterocycles. The molecule has 0 fully saturated rings. The minimum Gasteiger partial charge on any atom is -0.486 e.